The molecule has 0 saturated carbocycles. The number of anilines is 1. The average molecular weight is 267 g/mol. The summed E-state index contributed by atoms with van der Waals surface area (Å²) in [5.41, 5.74) is 0.333. The van der Waals surface area contributed by atoms with E-state index in [0.29, 0.717) is 23.6 Å². The fourth-order valence-corrected chi connectivity index (χ4v) is 1.65. The first-order valence-electron chi connectivity index (χ1n) is 6.03. The lowest BCUT2D eigenvalue weighted by atomic mass is 10.2. The van der Waals surface area contributed by atoms with Crippen LogP contribution in [0.15, 0.2) is 24.3 Å². The first kappa shape index (κ1) is 14.9. The number of non-ortho nitro benzene ring substituents is 1. The van der Waals surface area contributed by atoms with E-state index in [0.717, 1.165) is 0 Å². The molecule has 7 nitrogen and oxygen atoms in total. The molecule has 0 aliphatic heterocycles. The first-order chi connectivity index (χ1) is 8.99. The Morgan fingerprint density at radius 1 is 1.37 bits per heavy atom. The van der Waals surface area contributed by atoms with E-state index in [1.54, 1.807) is 0 Å². The second-order valence-electron chi connectivity index (χ2n) is 4.05. The number of nitrogens with one attached hydrogen (secondary N) is 1. The highest BCUT2D eigenvalue weighted by atomic mass is 16.6. The lowest BCUT2D eigenvalue weighted by molar-refractivity contribution is -0.384. The Bertz CT molecular complexity index is 443. The maximum Gasteiger partial charge on any atom is 0.345 e. The lowest BCUT2D eigenvalue weighted by Crippen LogP contribution is -2.39. The van der Waals surface area contributed by atoms with Gasteiger partial charge in [-0.1, -0.05) is 13.8 Å². The van der Waals surface area contributed by atoms with Gasteiger partial charge in [0.15, 0.2) is 0 Å². The molecule has 0 unspecified atom stereocenters. The van der Waals surface area contributed by atoms with Crippen LogP contribution < -0.4 is 5.32 Å². The minimum absolute atomic E-state index is 0.0566. The molecule has 19 heavy (non-hydrogen) atoms. The van der Waals surface area contributed by atoms with Crippen molar-refractivity contribution in [2.45, 2.75) is 32.7 Å². The van der Waals surface area contributed by atoms with E-state index >= 15 is 0 Å². The standard InChI is InChI=1S/C12H17N3O4/c1-3-10(4-2)14(17)12(16)13-9-5-7-11(8-6-9)15(18)19/h5-8,10,17H,3-4H2,1-2H3,(H,13,16). The SMILES string of the molecule is CCC(CC)N(O)C(=O)Nc1ccc([N+](=O)[O-])cc1. The summed E-state index contributed by atoms with van der Waals surface area (Å²) in [6.45, 7) is 3.74. The molecule has 2 amide bonds. The Balaban J connectivity index is 2.68. The predicted molar refractivity (Wildman–Crippen MR) is 70.1 cm³/mol. The third-order valence-electron chi connectivity index (χ3n) is 2.83. The average Bonchev–Trinajstić information content (AvgIpc) is 2.40. The van der Waals surface area contributed by atoms with E-state index < -0.39 is 11.0 Å². The number of carbonyl (C=O) groups excluding carboxylic acids is 1. The van der Waals surface area contributed by atoms with Crippen molar-refractivity contribution < 1.29 is 14.9 Å². The van der Waals surface area contributed by atoms with Gasteiger partial charge in [0, 0.05) is 17.8 Å². The molecule has 0 atom stereocenters. The molecule has 0 aliphatic rings. The van der Waals surface area contributed by atoms with Crippen LogP contribution in [0.1, 0.15) is 26.7 Å². The third-order valence-corrected chi connectivity index (χ3v) is 2.83. The van der Waals surface area contributed by atoms with Crippen LogP contribution in [0.25, 0.3) is 0 Å². The topological polar surface area (TPSA) is 95.7 Å². The van der Waals surface area contributed by atoms with Crippen LogP contribution in [0.4, 0.5) is 16.2 Å². The van der Waals surface area contributed by atoms with E-state index in [1.807, 2.05) is 13.8 Å². The molecular formula is C12H17N3O4. The molecule has 0 radical (unpaired) electrons. The van der Waals surface area contributed by atoms with Crippen molar-refractivity contribution in [3.8, 4) is 0 Å². The number of nitrogens with zero attached hydrogens (tertiary/aromatic N) is 2. The summed E-state index contributed by atoms with van der Waals surface area (Å²) >= 11 is 0. The number of nitro benzene ring substituents is 1. The molecule has 0 spiro atoms. The predicted octanol–water partition coefficient (Wildman–Crippen LogP) is 3.01. The molecule has 0 heterocycles. The zero-order valence-corrected chi connectivity index (χ0v) is 10.9. The molecule has 0 fully saturated rings. The number of amides is 2. The van der Waals surface area contributed by atoms with E-state index in [4.69, 9.17) is 0 Å². The molecule has 1 aromatic rings. The summed E-state index contributed by atoms with van der Waals surface area (Å²) in [6, 6.07) is 4.50. The van der Waals surface area contributed by atoms with Gasteiger partial charge in [-0.2, -0.15) is 0 Å². The Morgan fingerprint density at radius 3 is 2.32 bits per heavy atom. The van der Waals surface area contributed by atoms with Crippen molar-refractivity contribution in [2.75, 3.05) is 5.32 Å². The fraction of sp³-hybridized carbons (Fsp3) is 0.417. The van der Waals surface area contributed by atoms with Gasteiger partial charge in [0.1, 0.15) is 0 Å². The summed E-state index contributed by atoms with van der Waals surface area (Å²) in [5.74, 6) is 0. The van der Waals surface area contributed by atoms with Crippen LogP contribution in [0.5, 0.6) is 0 Å². The molecular weight excluding hydrogens is 250 g/mol. The number of nitro groups is 1. The molecule has 1 aromatic carbocycles. The van der Waals surface area contributed by atoms with Crippen molar-refractivity contribution in [1.29, 1.82) is 0 Å². The summed E-state index contributed by atoms with van der Waals surface area (Å²) in [4.78, 5) is 21.7. The molecule has 7 heteroatoms. The zero-order chi connectivity index (χ0) is 14.4. The number of benzene rings is 1. The number of urea groups is 1. The minimum Gasteiger partial charge on any atom is -0.306 e. The molecule has 0 aromatic heterocycles. The first-order valence-corrected chi connectivity index (χ1v) is 6.03. The van der Waals surface area contributed by atoms with Crippen molar-refractivity contribution >= 4 is 17.4 Å². The van der Waals surface area contributed by atoms with Gasteiger partial charge in [0.25, 0.3) is 5.69 Å². The molecule has 0 aliphatic carbocycles. The normalized spacial score (nSPS) is 10.3. The summed E-state index contributed by atoms with van der Waals surface area (Å²) in [7, 11) is 0. The van der Waals surface area contributed by atoms with Gasteiger partial charge in [-0.05, 0) is 25.0 Å². The number of hydrogen-bond donors (Lipinski definition) is 2. The lowest BCUT2D eigenvalue weighted by Gasteiger charge is -2.23. The monoisotopic (exact) mass is 267 g/mol. The van der Waals surface area contributed by atoms with Gasteiger partial charge in [-0.3, -0.25) is 15.3 Å². The van der Waals surface area contributed by atoms with Gasteiger partial charge in [-0.15, -0.1) is 0 Å². The highest BCUT2D eigenvalue weighted by Gasteiger charge is 2.19. The van der Waals surface area contributed by atoms with Crippen LogP contribution in [0, 0.1) is 10.1 Å². The van der Waals surface area contributed by atoms with Gasteiger partial charge >= 0.3 is 6.03 Å². The summed E-state index contributed by atoms with van der Waals surface area (Å²) in [5, 5.41) is 23.3. The van der Waals surface area contributed by atoms with Crippen LogP contribution >= 0.6 is 0 Å². The summed E-state index contributed by atoms with van der Waals surface area (Å²) in [6.07, 6.45) is 1.28. The zero-order valence-electron chi connectivity index (χ0n) is 10.9. The molecule has 0 saturated heterocycles. The van der Waals surface area contributed by atoms with Crippen molar-refractivity contribution in [3.05, 3.63) is 34.4 Å². The van der Waals surface area contributed by atoms with E-state index in [-0.39, 0.29) is 11.7 Å². The van der Waals surface area contributed by atoms with Crippen LogP contribution in [-0.4, -0.2) is 27.3 Å². The quantitative estimate of drug-likeness (QED) is 0.487. The Kier molecular flexibility index (Phi) is 5.25. The second-order valence-corrected chi connectivity index (χ2v) is 4.05. The van der Waals surface area contributed by atoms with Crippen molar-refractivity contribution in [2.24, 2.45) is 0 Å². The number of hydroxylamine groups is 2. The highest BCUT2D eigenvalue weighted by Crippen LogP contribution is 2.16. The van der Waals surface area contributed by atoms with Crippen LogP contribution in [0.3, 0.4) is 0 Å². The maximum atomic E-state index is 11.7. The number of carbonyl (C=O) groups is 1. The van der Waals surface area contributed by atoms with E-state index in [1.165, 1.54) is 24.3 Å². The van der Waals surface area contributed by atoms with E-state index in [2.05, 4.69) is 5.32 Å². The maximum absolute atomic E-state index is 11.7. The number of hydrogen-bond acceptors (Lipinski definition) is 4. The van der Waals surface area contributed by atoms with Gasteiger partial charge in [-0.25, -0.2) is 9.86 Å². The molecule has 104 valence electrons. The van der Waals surface area contributed by atoms with Crippen LogP contribution in [0.2, 0.25) is 0 Å². The number of rotatable bonds is 5. The highest BCUT2D eigenvalue weighted by molar-refractivity contribution is 5.88. The second kappa shape index (κ2) is 6.69. The molecule has 1 rings (SSSR count). The van der Waals surface area contributed by atoms with Crippen LogP contribution in [-0.2, 0) is 0 Å². The Morgan fingerprint density at radius 2 is 1.89 bits per heavy atom. The minimum atomic E-state index is -0.650. The Hall–Kier alpha value is -2.15. The largest absolute Gasteiger partial charge is 0.345 e. The van der Waals surface area contributed by atoms with Crippen molar-refractivity contribution in [1.82, 2.24) is 5.06 Å². The van der Waals surface area contributed by atoms with Gasteiger partial charge in [0.2, 0.25) is 0 Å². The Labute approximate surface area is 110 Å². The molecule has 0 bridgehead atoms. The van der Waals surface area contributed by atoms with Gasteiger partial charge in [0.05, 0.1) is 11.0 Å². The third kappa shape index (κ3) is 3.92. The smallest absolute Gasteiger partial charge is 0.306 e. The molecule has 2 N–H and O–H groups in total. The van der Waals surface area contributed by atoms with E-state index in [9.17, 15) is 20.1 Å². The fourth-order valence-electron chi connectivity index (χ4n) is 1.65. The van der Waals surface area contributed by atoms with Crippen molar-refractivity contribution in [3.63, 3.8) is 0 Å². The summed E-state index contributed by atoms with van der Waals surface area (Å²) < 4.78 is 0. The van der Waals surface area contributed by atoms with Gasteiger partial charge < -0.3 is 5.32 Å².